The van der Waals surface area contributed by atoms with E-state index in [2.05, 4.69) is 5.10 Å². The number of benzene rings is 1. The Hall–Kier alpha value is -2.64. The highest BCUT2D eigenvalue weighted by molar-refractivity contribution is 5.88. The summed E-state index contributed by atoms with van der Waals surface area (Å²) in [6.07, 6.45) is 0. The van der Waals surface area contributed by atoms with Crippen LogP contribution in [0.3, 0.4) is 0 Å². The molecule has 0 saturated carbocycles. The van der Waals surface area contributed by atoms with Gasteiger partial charge in [0.2, 0.25) is 0 Å². The van der Waals surface area contributed by atoms with Crippen LogP contribution in [-0.4, -0.2) is 33.1 Å². The van der Waals surface area contributed by atoms with Gasteiger partial charge in [-0.25, -0.2) is 13.6 Å². The number of aromatic carboxylic acids is 1. The fourth-order valence-electron chi connectivity index (χ4n) is 1.83. The summed E-state index contributed by atoms with van der Waals surface area (Å²) in [6.45, 7) is 0. The maximum atomic E-state index is 13.7. The molecule has 1 aromatic heterocycles. The van der Waals surface area contributed by atoms with Gasteiger partial charge in [-0.3, -0.25) is 4.68 Å². The van der Waals surface area contributed by atoms with Crippen LogP contribution in [0.4, 0.5) is 8.78 Å². The Morgan fingerprint density at radius 3 is 2.50 bits per heavy atom. The van der Waals surface area contributed by atoms with Crippen molar-refractivity contribution < 1.29 is 28.5 Å². The monoisotopic (exact) mass is 284 g/mol. The molecule has 0 fully saturated rings. The summed E-state index contributed by atoms with van der Waals surface area (Å²) in [7, 11) is 2.52. The van der Waals surface area contributed by atoms with Crippen molar-refractivity contribution in [3.05, 3.63) is 29.5 Å². The standard InChI is InChI=1S/C12H10F2N2O4/c1-16-8(4-7(15-16)12(18)19)9-10(17)5(13)3-6(14)11(9)20-2/h3-4,17H,1-2H3,(H,18,19). The number of hydrogen-bond donors (Lipinski definition) is 2. The van der Waals surface area contributed by atoms with E-state index in [1.54, 1.807) is 0 Å². The third-order valence-corrected chi connectivity index (χ3v) is 2.72. The zero-order valence-electron chi connectivity index (χ0n) is 10.5. The van der Waals surface area contributed by atoms with Crippen molar-refractivity contribution in [2.75, 3.05) is 7.11 Å². The molecule has 0 unspecified atom stereocenters. The average Bonchev–Trinajstić information content (AvgIpc) is 2.75. The molecule has 1 aromatic carbocycles. The highest BCUT2D eigenvalue weighted by Gasteiger charge is 2.24. The number of carboxylic acid groups (broad SMARTS) is 1. The molecule has 8 heteroatoms. The number of hydrogen-bond acceptors (Lipinski definition) is 4. The molecule has 2 N–H and O–H groups in total. The Kier molecular flexibility index (Phi) is 3.31. The number of aromatic hydroxyl groups is 1. The van der Waals surface area contributed by atoms with Gasteiger partial charge in [-0.15, -0.1) is 0 Å². The van der Waals surface area contributed by atoms with E-state index in [0.717, 1.165) is 17.9 Å². The third-order valence-electron chi connectivity index (χ3n) is 2.72. The molecule has 2 aromatic rings. The van der Waals surface area contributed by atoms with Gasteiger partial charge in [0.05, 0.1) is 18.4 Å². The van der Waals surface area contributed by atoms with E-state index in [1.165, 1.54) is 7.05 Å². The first-order chi connectivity index (χ1) is 9.36. The molecule has 0 amide bonds. The predicted octanol–water partition coefficient (Wildman–Crippen LogP) is 1.78. The number of carbonyl (C=O) groups is 1. The first-order valence-electron chi connectivity index (χ1n) is 5.39. The van der Waals surface area contributed by atoms with Crippen LogP contribution in [0.1, 0.15) is 10.5 Å². The second-order valence-electron chi connectivity index (χ2n) is 3.94. The van der Waals surface area contributed by atoms with E-state index in [-0.39, 0.29) is 17.0 Å². The van der Waals surface area contributed by atoms with Gasteiger partial charge in [0.15, 0.2) is 28.8 Å². The van der Waals surface area contributed by atoms with Crippen molar-refractivity contribution in [3.8, 4) is 22.8 Å². The molecule has 1 heterocycles. The number of halogens is 2. The van der Waals surface area contributed by atoms with E-state index in [0.29, 0.717) is 6.07 Å². The molecule has 2 rings (SSSR count). The Morgan fingerprint density at radius 2 is 2.00 bits per heavy atom. The van der Waals surface area contributed by atoms with Crippen LogP contribution < -0.4 is 4.74 Å². The van der Waals surface area contributed by atoms with Crippen LogP contribution in [-0.2, 0) is 7.05 Å². The van der Waals surface area contributed by atoms with Gasteiger partial charge in [-0.2, -0.15) is 5.10 Å². The van der Waals surface area contributed by atoms with Crippen molar-refractivity contribution in [1.29, 1.82) is 0 Å². The van der Waals surface area contributed by atoms with Crippen LogP contribution >= 0.6 is 0 Å². The van der Waals surface area contributed by atoms with E-state index in [9.17, 15) is 18.7 Å². The van der Waals surface area contributed by atoms with Crippen LogP contribution in [0.2, 0.25) is 0 Å². The van der Waals surface area contributed by atoms with E-state index >= 15 is 0 Å². The zero-order chi connectivity index (χ0) is 15.0. The number of nitrogens with zero attached hydrogens (tertiary/aromatic N) is 2. The summed E-state index contributed by atoms with van der Waals surface area (Å²) in [6, 6.07) is 1.56. The fourth-order valence-corrected chi connectivity index (χ4v) is 1.83. The maximum absolute atomic E-state index is 13.7. The molecule has 0 spiro atoms. The van der Waals surface area contributed by atoms with Crippen molar-refractivity contribution in [3.63, 3.8) is 0 Å². The number of methoxy groups -OCH3 is 1. The number of phenols is 1. The molecule has 6 nitrogen and oxygen atoms in total. The Morgan fingerprint density at radius 1 is 1.35 bits per heavy atom. The molecule has 0 aliphatic carbocycles. The highest BCUT2D eigenvalue weighted by atomic mass is 19.1. The molecule has 0 aliphatic heterocycles. The zero-order valence-corrected chi connectivity index (χ0v) is 10.5. The van der Waals surface area contributed by atoms with Crippen LogP contribution in [0.5, 0.6) is 11.5 Å². The fraction of sp³-hybridized carbons (Fsp3) is 0.167. The lowest BCUT2D eigenvalue weighted by Gasteiger charge is -2.12. The number of aromatic nitrogens is 2. The molecule has 0 atom stereocenters. The normalized spacial score (nSPS) is 10.6. The lowest BCUT2D eigenvalue weighted by molar-refractivity contribution is 0.0689. The molecular formula is C12H10F2N2O4. The van der Waals surface area contributed by atoms with Crippen LogP contribution in [0.15, 0.2) is 12.1 Å². The second kappa shape index (κ2) is 4.80. The van der Waals surface area contributed by atoms with Gasteiger partial charge in [0, 0.05) is 13.1 Å². The minimum atomic E-state index is -1.30. The SMILES string of the molecule is COc1c(F)cc(F)c(O)c1-c1cc(C(=O)O)nn1C. The first-order valence-corrected chi connectivity index (χ1v) is 5.39. The molecule has 0 saturated heterocycles. The Bertz CT molecular complexity index is 697. The third kappa shape index (κ3) is 2.04. The molecule has 0 bridgehead atoms. The Balaban J connectivity index is 2.78. The smallest absolute Gasteiger partial charge is 0.356 e. The Labute approximate surface area is 111 Å². The average molecular weight is 284 g/mol. The summed E-state index contributed by atoms with van der Waals surface area (Å²) in [5, 5.41) is 22.3. The number of carboxylic acids is 1. The lowest BCUT2D eigenvalue weighted by atomic mass is 10.1. The molecule has 20 heavy (non-hydrogen) atoms. The molecule has 0 aliphatic rings. The van der Waals surface area contributed by atoms with Gasteiger partial charge in [0.25, 0.3) is 0 Å². The minimum Gasteiger partial charge on any atom is -0.504 e. The molecule has 0 radical (unpaired) electrons. The lowest BCUT2D eigenvalue weighted by Crippen LogP contribution is -2.01. The first kappa shape index (κ1) is 13.8. The molecular weight excluding hydrogens is 274 g/mol. The van der Waals surface area contributed by atoms with Crippen molar-refractivity contribution >= 4 is 5.97 Å². The van der Waals surface area contributed by atoms with E-state index < -0.39 is 29.1 Å². The van der Waals surface area contributed by atoms with Crippen LogP contribution in [0, 0.1) is 11.6 Å². The second-order valence-corrected chi connectivity index (χ2v) is 3.94. The largest absolute Gasteiger partial charge is 0.504 e. The molecule has 106 valence electrons. The summed E-state index contributed by atoms with van der Waals surface area (Å²) < 4.78 is 33.0. The number of rotatable bonds is 3. The summed E-state index contributed by atoms with van der Waals surface area (Å²) in [5.41, 5.74) is -0.615. The van der Waals surface area contributed by atoms with Gasteiger partial charge in [-0.1, -0.05) is 0 Å². The topological polar surface area (TPSA) is 84.6 Å². The van der Waals surface area contributed by atoms with Crippen molar-refractivity contribution in [2.45, 2.75) is 0 Å². The van der Waals surface area contributed by atoms with Gasteiger partial charge >= 0.3 is 5.97 Å². The van der Waals surface area contributed by atoms with Gasteiger partial charge in [0.1, 0.15) is 0 Å². The van der Waals surface area contributed by atoms with Crippen LogP contribution in [0.25, 0.3) is 11.3 Å². The minimum absolute atomic E-state index is 0.00940. The van der Waals surface area contributed by atoms with Gasteiger partial charge < -0.3 is 14.9 Å². The number of ether oxygens (including phenoxy) is 1. The summed E-state index contributed by atoms with van der Waals surface area (Å²) >= 11 is 0. The van der Waals surface area contributed by atoms with E-state index in [4.69, 9.17) is 9.84 Å². The maximum Gasteiger partial charge on any atom is 0.356 e. The van der Waals surface area contributed by atoms with Crippen molar-refractivity contribution in [2.24, 2.45) is 7.05 Å². The predicted molar refractivity (Wildman–Crippen MR) is 63.7 cm³/mol. The number of phenolic OH excluding ortho intramolecular Hbond substituents is 1. The quantitative estimate of drug-likeness (QED) is 0.897. The van der Waals surface area contributed by atoms with E-state index in [1.807, 2.05) is 0 Å². The summed E-state index contributed by atoms with van der Waals surface area (Å²) in [5.74, 6) is -4.75. The van der Waals surface area contributed by atoms with Crippen molar-refractivity contribution in [1.82, 2.24) is 9.78 Å². The van der Waals surface area contributed by atoms with Gasteiger partial charge in [-0.05, 0) is 6.07 Å². The number of aryl methyl sites for hydroxylation is 1. The highest BCUT2D eigenvalue weighted by Crippen LogP contribution is 2.41. The summed E-state index contributed by atoms with van der Waals surface area (Å²) in [4.78, 5) is 10.9.